The van der Waals surface area contributed by atoms with E-state index in [-0.39, 0.29) is 11.6 Å². The van der Waals surface area contributed by atoms with Crippen LogP contribution < -0.4 is 0 Å². The predicted molar refractivity (Wildman–Crippen MR) is 74.8 cm³/mol. The fourth-order valence-corrected chi connectivity index (χ4v) is 3.23. The first-order valence-electron chi connectivity index (χ1n) is 6.87. The maximum Gasteiger partial charge on any atom is 0.185 e. The van der Waals surface area contributed by atoms with E-state index in [0.29, 0.717) is 18.1 Å². The highest BCUT2D eigenvalue weighted by molar-refractivity contribution is 8.09. The summed E-state index contributed by atoms with van der Waals surface area (Å²) < 4.78 is -0.895. The summed E-state index contributed by atoms with van der Waals surface area (Å²) in [7, 11) is 0. The zero-order chi connectivity index (χ0) is 13.8. The van der Waals surface area contributed by atoms with Crippen LogP contribution in [0.5, 0.6) is 0 Å². The van der Waals surface area contributed by atoms with Crippen LogP contribution in [0.15, 0.2) is 0 Å². The number of thioether (sulfide) groups is 1. The smallest absolute Gasteiger partial charge is 0.185 e. The van der Waals surface area contributed by atoms with Crippen molar-refractivity contribution >= 4 is 23.3 Å². The van der Waals surface area contributed by atoms with Crippen LogP contribution in [-0.4, -0.2) is 33.3 Å². The first-order chi connectivity index (χ1) is 8.47. The van der Waals surface area contributed by atoms with E-state index in [1.54, 1.807) is 0 Å². The highest BCUT2D eigenvalue weighted by Gasteiger charge is 2.57. The van der Waals surface area contributed by atoms with Crippen molar-refractivity contribution < 1.29 is 14.7 Å². The van der Waals surface area contributed by atoms with Crippen molar-refractivity contribution in [2.75, 3.05) is 5.75 Å². The minimum Gasteiger partial charge on any atom is -0.386 e. The average Bonchev–Trinajstić information content (AvgIpc) is 3.14. The van der Waals surface area contributed by atoms with Gasteiger partial charge in [-0.25, -0.2) is 0 Å². The van der Waals surface area contributed by atoms with Crippen molar-refractivity contribution in [2.24, 2.45) is 5.92 Å². The maximum absolute atomic E-state index is 12.3. The molecule has 1 rings (SSSR count). The fourth-order valence-electron chi connectivity index (χ4n) is 2.22. The maximum atomic E-state index is 12.3. The first-order valence-corrected chi connectivity index (χ1v) is 7.86. The quantitative estimate of drug-likeness (QED) is 0.518. The minimum absolute atomic E-state index is 0.0290. The number of hydrogen-bond acceptors (Lipinski definition) is 4. The van der Waals surface area contributed by atoms with E-state index in [9.17, 15) is 14.7 Å². The third kappa shape index (κ3) is 3.58. The highest BCUT2D eigenvalue weighted by Crippen LogP contribution is 2.48. The Morgan fingerprint density at radius 3 is 2.39 bits per heavy atom. The number of hydrogen-bond donors (Lipinski definition) is 1. The van der Waals surface area contributed by atoms with Gasteiger partial charge in [0.2, 0.25) is 0 Å². The SMILES string of the molecule is CCCCC(CC)CC(=O)C1(C(=O)C(C)O)CS1. The Balaban J connectivity index is 2.56. The van der Waals surface area contributed by atoms with Crippen LogP contribution in [-0.2, 0) is 9.59 Å². The lowest BCUT2D eigenvalue weighted by Gasteiger charge is -2.18. The third-order valence-corrected chi connectivity index (χ3v) is 4.97. The fraction of sp³-hybridized carbons (Fsp3) is 0.857. The van der Waals surface area contributed by atoms with Gasteiger partial charge in [0.1, 0.15) is 10.9 Å². The van der Waals surface area contributed by atoms with E-state index < -0.39 is 10.9 Å². The molecular weight excluding hydrogens is 248 g/mol. The van der Waals surface area contributed by atoms with Crippen molar-refractivity contribution in [1.82, 2.24) is 0 Å². The van der Waals surface area contributed by atoms with Gasteiger partial charge in [0, 0.05) is 12.2 Å². The Morgan fingerprint density at radius 2 is 2.00 bits per heavy atom. The van der Waals surface area contributed by atoms with E-state index >= 15 is 0 Å². The lowest BCUT2D eigenvalue weighted by Crippen LogP contribution is -2.39. The molecule has 18 heavy (non-hydrogen) atoms. The average molecular weight is 272 g/mol. The molecule has 104 valence electrons. The number of aliphatic hydroxyl groups is 1. The molecule has 0 amide bonds. The van der Waals surface area contributed by atoms with Crippen LogP contribution in [0.25, 0.3) is 0 Å². The van der Waals surface area contributed by atoms with Gasteiger partial charge in [0.25, 0.3) is 0 Å². The zero-order valence-electron chi connectivity index (χ0n) is 11.6. The summed E-state index contributed by atoms with van der Waals surface area (Å²) in [5.41, 5.74) is 0. The molecule has 3 nitrogen and oxygen atoms in total. The second kappa shape index (κ2) is 6.71. The summed E-state index contributed by atoms with van der Waals surface area (Å²) in [6.45, 7) is 5.69. The van der Waals surface area contributed by atoms with E-state index in [1.165, 1.54) is 18.7 Å². The van der Waals surface area contributed by atoms with Gasteiger partial charge in [-0.05, 0) is 12.8 Å². The Morgan fingerprint density at radius 1 is 1.39 bits per heavy atom. The highest BCUT2D eigenvalue weighted by atomic mass is 32.2. The summed E-state index contributed by atoms with van der Waals surface area (Å²) in [6, 6.07) is 0. The molecule has 1 aliphatic heterocycles. The summed E-state index contributed by atoms with van der Waals surface area (Å²) in [6.07, 6.45) is 3.77. The molecule has 1 saturated heterocycles. The summed E-state index contributed by atoms with van der Waals surface area (Å²) >= 11 is 1.38. The van der Waals surface area contributed by atoms with E-state index in [4.69, 9.17) is 0 Å². The van der Waals surface area contributed by atoms with Crippen molar-refractivity contribution in [3.8, 4) is 0 Å². The van der Waals surface area contributed by atoms with Gasteiger partial charge in [0.15, 0.2) is 11.6 Å². The lowest BCUT2D eigenvalue weighted by molar-refractivity contribution is -0.133. The molecule has 0 aromatic heterocycles. The second-order valence-electron chi connectivity index (χ2n) is 5.20. The molecular formula is C14H24O3S. The van der Waals surface area contributed by atoms with Gasteiger partial charge in [-0.2, -0.15) is 0 Å². The molecule has 0 saturated carbocycles. The number of aliphatic hydroxyl groups excluding tert-OH is 1. The minimum atomic E-state index is -1.03. The van der Waals surface area contributed by atoms with E-state index in [2.05, 4.69) is 13.8 Å². The van der Waals surface area contributed by atoms with Gasteiger partial charge >= 0.3 is 0 Å². The number of carbonyl (C=O) groups is 2. The number of ketones is 2. The van der Waals surface area contributed by atoms with E-state index in [0.717, 1.165) is 25.7 Å². The molecule has 0 bridgehead atoms. The molecule has 1 heterocycles. The van der Waals surface area contributed by atoms with Gasteiger partial charge < -0.3 is 5.11 Å². The van der Waals surface area contributed by atoms with Crippen LogP contribution in [0.4, 0.5) is 0 Å². The molecule has 0 aliphatic carbocycles. The summed E-state index contributed by atoms with van der Waals surface area (Å²) in [4.78, 5) is 24.1. The number of Topliss-reactive ketones (excluding diaryl/α,β-unsaturated/α-hetero) is 2. The van der Waals surface area contributed by atoms with Crippen LogP contribution in [0, 0.1) is 5.92 Å². The van der Waals surface area contributed by atoms with Crippen LogP contribution in [0.3, 0.4) is 0 Å². The summed E-state index contributed by atoms with van der Waals surface area (Å²) in [5, 5.41) is 9.36. The van der Waals surface area contributed by atoms with Crippen LogP contribution in [0.1, 0.15) is 52.9 Å². The normalized spacial score (nSPS) is 25.6. The van der Waals surface area contributed by atoms with Crippen LogP contribution in [0.2, 0.25) is 0 Å². The molecule has 3 atom stereocenters. The monoisotopic (exact) mass is 272 g/mol. The van der Waals surface area contributed by atoms with E-state index in [1.807, 2.05) is 0 Å². The van der Waals surface area contributed by atoms with Gasteiger partial charge in [-0.15, -0.1) is 11.8 Å². The van der Waals surface area contributed by atoms with Crippen molar-refractivity contribution in [3.05, 3.63) is 0 Å². The van der Waals surface area contributed by atoms with Crippen LogP contribution >= 0.6 is 11.8 Å². The zero-order valence-corrected chi connectivity index (χ0v) is 12.4. The Labute approximate surface area is 114 Å². The molecule has 1 fully saturated rings. The molecule has 3 unspecified atom stereocenters. The second-order valence-corrected chi connectivity index (χ2v) is 6.47. The lowest BCUT2D eigenvalue weighted by atomic mass is 9.87. The predicted octanol–water partition coefficient (Wildman–Crippen LogP) is 2.60. The Hall–Kier alpha value is -0.350. The topological polar surface area (TPSA) is 54.4 Å². The number of carbonyl (C=O) groups excluding carboxylic acids is 2. The molecule has 4 heteroatoms. The summed E-state index contributed by atoms with van der Waals surface area (Å²) in [5.74, 6) is 0.668. The number of unbranched alkanes of at least 4 members (excludes halogenated alkanes) is 1. The third-order valence-electron chi connectivity index (χ3n) is 3.68. The van der Waals surface area contributed by atoms with Gasteiger partial charge in [0.05, 0.1) is 0 Å². The van der Waals surface area contributed by atoms with Gasteiger partial charge in [-0.1, -0.05) is 39.5 Å². The van der Waals surface area contributed by atoms with Crippen molar-refractivity contribution in [3.63, 3.8) is 0 Å². The standard InChI is InChI=1S/C14H24O3S/c1-4-6-7-11(5-2)8-12(16)14(9-18-14)13(17)10(3)15/h10-11,15H,4-9H2,1-3H3. The Kier molecular flexibility index (Phi) is 5.86. The molecule has 1 N–H and O–H groups in total. The molecule has 0 aromatic carbocycles. The first kappa shape index (κ1) is 15.7. The van der Waals surface area contributed by atoms with Crippen molar-refractivity contribution in [2.45, 2.75) is 63.7 Å². The molecule has 1 aliphatic rings. The van der Waals surface area contributed by atoms with Crippen molar-refractivity contribution in [1.29, 1.82) is 0 Å². The molecule has 0 spiro atoms. The largest absolute Gasteiger partial charge is 0.386 e. The molecule has 0 radical (unpaired) electrons. The number of rotatable bonds is 9. The molecule has 0 aromatic rings. The van der Waals surface area contributed by atoms with Gasteiger partial charge in [-0.3, -0.25) is 9.59 Å². The Bertz CT molecular complexity index is 308.